The molecule has 0 aliphatic carbocycles. The zero-order valence-electron chi connectivity index (χ0n) is 11.7. The van der Waals surface area contributed by atoms with E-state index in [0.717, 1.165) is 19.5 Å². The maximum Gasteiger partial charge on any atom is 0.272 e. The number of nitrogens with zero attached hydrogens (tertiary/aromatic N) is 2. The van der Waals surface area contributed by atoms with E-state index in [-0.39, 0.29) is 11.6 Å². The first kappa shape index (κ1) is 14.9. The van der Waals surface area contributed by atoms with Gasteiger partial charge in [-0.25, -0.2) is 9.97 Å². The lowest BCUT2D eigenvalue weighted by molar-refractivity contribution is 0.0990. The molecular weight excluding hydrogens is 268 g/mol. The minimum absolute atomic E-state index is 0.0646. The number of primary amides is 1. The van der Waals surface area contributed by atoms with Gasteiger partial charge in [0.1, 0.15) is 0 Å². The average Bonchev–Trinajstić information content (AvgIpc) is 2.52. The summed E-state index contributed by atoms with van der Waals surface area (Å²) in [5.74, 6) is -0.451. The molecule has 21 heavy (non-hydrogen) atoms. The summed E-state index contributed by atoms with van der Waals surface area (Å²) in [6, 6.07) is 10.2. The molecule has 110 valence electrons. The van der Waals surface area contributed by atoms with Gasteiger partial charge in [0.25, 0.3) is 5.91 Å². The Morgan fingerprint density at radius 1 is 1.19 bits per heavy atom. The Bertz CT molecular complexity index is 575. The maximum absolute atomic E-state index is 11.1. The molecule has 1 aromatic carbocycles. The van der Waals surface area contributed by atoms with Gasteiger partial charge in [0.05, 0.1) is 6.61 Å². The third kappa shape index (κ3) is 4.85. The number of carbonyl (C=O) groups is 1. The summed E-state index contributed by atoms with van der Waals surface area (Å²) >= 11 is 0. The third-order valence-corrected chi connectivity index (χ3v) is 2.81. The first-order valence-electron chi connectivity index (χ1n) is 6.75. The fourth-order valence-electron chi connectivity index (χ4n) is 1.79. The highest BCUT2D eigenvalue weighted by atomic mass is 16.5. The van der Waals surface area contributed by atoms with Crippen LogP contribution in [0.1, 0.15) is 22.5 Å². The average molecular weight is 286 g/mol. The van der Waals surface area contributed by atoms with Gasteiger partial charge in [-0.05, 0) is 18.5 Å². The zero-order chi connectivity index (χ0) is 14.9. The number of nitrogens with one attached hydrogen (secondary N) is 1. The number of hydrogen-bond donors (Lipinski definition) is 2. The van der Waals surface area contributed by atoms with Crippen molar-refractivity contribution in [2.75, 3.05) is 13.2 Å². The Morgan fingerprint density at radius 3 is 2.71 bits per heavy atom. The molecule has 1 aromatic heterocycles. The van der Waals surface area contributed by atoms with Gasteiger partial charge in [0, 0.05) is 18.9 Å². The van der Waals surface area contributed by atoms with Gasteiger partial charge in [-0.15, -0.1) is 0 Å². The first-order chi connectivity index (χ1) is 10.3. The van der Waals surface area contributed by atoms with E-state index in [1.807, 2.05) is 18.2 Å². The lowest BCUT2D eigenvalue weighted by atomic mass is 10.2. The molecule has 0 aliphatic rings. The molecule has 0 fully saturated rings. The van der Waals surface area contributed by atoms with E-state index in [0.29, 0.717) is 6.61 Å². The molecule has 0 saturated carbocycles. The van der Waals surface area contributed by atoms with Crippen molar-refractivity contribution in [3.05, 3.63) is 54.0 Å². The highest BCUT2D eigenvalue weighted by Gasteiger charge is 2.11. The predicted octanol–water partition coefficient (Wildman–Crippen LogP) is 1.13. The molecule has 0 atom stereocenters. The van der Waals surface area contributed by atoms with E-state index in [9.17, 15) is 4.79 Å². The molecule has 0 spiro atoms. The second-order valence-electron chi connectivity index (χ2n) is 4.44. The number of benzene rings is 1. The smallest absolute Gasteiger partial charge is 0.272 e. The summed E-state index contributed by atoms with van der Waals surface area (Å²) in [4.78, 5) is 19.0. The van der Waals surface area contributed by atoms with Gasteiger partial charge in [0.2, 0.25) is 5.88 Å². The van der Waals surface area contributed by atoms with Crippen LogP contribution in [0.2, 0.25) is 0 Å². The molecule has 0 bridgehead atoms. The van der Waals surface area contributed by atoms with Crippen molar-refractivity contribution < 1.29 is 9.53 Å². The predicted molar refractivity (Wildman–Crippen MR) is 78.8 cm³/mol. The van der Waals surface area contributed by atoms with Crippen molar-refractivity contribution in [3.63, 3.8) is 0 Å². The van der Waals surface area contributed by atoms with Crippen LogP contribution in [0.15, 0.2) is 42.7 Å². The fraction of sp³-hybridized carbons (Fsp3) is 0.267. The van der Waals surface area contributed by atoms with Crippen LogP contribution in [0.4, 0.5) is 0 Å². The van der Waals surface area contributed by atoms with E-state index in [1.165, 1.54) is 18.0 Å². The summed E-state index contributed by atoms with van der Waals surface area (Å²) in [7, 11) is 0. The molecule has 1 heterocycles. The Balaban J connectivity index is 1.67. The van der Waals surface area contributed by atoms with E-state index in [1.54, 1.807) is 0 Å². The number of hydrogen-bond acceptors (Lipinski definition) is 5. The van der Waals surface area contributed by atoms with Crippen LogP contribution in [0, 0.1) is 0 Å². The van der Waals surface area contributed by atoms with Gasteiger partial charge in [-0.1, -0.05) is 30.3 Å². The van der Waals surface area contributed by atoms with Crippen molar-refractivity contribution in [3.8, 4) is 5.88 Å². The number of amides is 1. The van der Waals surface area contributed by atoms with Gasteiger partial charge in [0.15, 0.2) is 5.69 Å². The molecular formula is C15H18N4O2. The van der Waals surface area contributed by atoms with Gasteiger partial charge >= 0.3 is 0 Å². The van der Waals surface area contributed by atoms with Crippen LogP contribution in [0.25, 0.3) is 0 Å². The number of carbonyl (C=O) groups excluding carboxylic acids is 1. The molecule has 2 aromatic rings. The molecule has 6 nitrogen and oxygen atoms in total. The molecule has 2 rings (SSSR count). The lowest BCUT2D eigenvalue weighted by Crippen LogP contribution is -2.19. The Hall–Kier alpha value is -2.47. The summed E-state index contributed by atoms with van der Waals surface area (Å²) in [6.07, 6.45) is 3.67. The van der Waals surface area contributed by atoms with Crippen molar-refractivity contribution in [1.82, 2.24) is 15.3 Å². The summed E-state index contributed by atoms with van der Waals surface area (Å²) in [5.41, 5.74) is 6.50. The normalized spacial score (nSPS) is 10.3. The minimum Gasteiger partial charge on any atom is -0.476 e. The second-order valence-corrected chi connectivity index (χ2v) is 4.44. The lowest BCUT2D eigenvalue weighted by Gasteiger charge is -2.08. The van der Waals surface area contributed by atoms with Gasteiger partial charge in [-0.2, -0.15) is 0 Å². The summed E-state index contributed by atoms with van der Waals surface area (Å²) < 4.78 is 5.44. The zero-order valence-corrected chi connectivity index (χ0v) is 11.7. The Kier molecular flexibility index (Phi) is 5.66. The molecule has 0 aliphatic heterocycles. The standard InChI is InChI=1S/C15H18N4O2/c16-14(20)13-15(19-9-8-18-13)21-10-4-7-17-11-12-5-2-1-3-6-12/h1-3,5-6,8-9,17H,4,7,10-11H2,(H2,16,20). The Morgan fingerprint density at radius 2 is 1.95 bits per heavy atom. The Labute approximate surface area is 123 Å². The fourth-order valence-corrected chi connectivity index (χ4v) is 1.79. The van der Waals surface area contributed by atoms with Gasteiger partial charge < -0.3 is 15.8 Å². The highest BCUT2D eigenvalue weighted by Crippen LogP contribution is 2.10. The summed E-state index contributed by atoms with van der Waals surface area (Å²) in [6.45, 7) is 2.07. The van der Waals surface area contributed by atoms with Crippen LogP contribution in [-0.4, -0.2) is 29.0 Å². The van der Waals surface area contributed by atoms with E-state index in [4.69, 9.17) is 10.5 Å². The topological polar surface area (TPSA) is 90.1 Å². The van der Waals surface area contributed by atoms with Crippen LogP contribution in [0.5, 0.6) is 5.88 Å². The maximum atomic E-state index is 11.1. The highest BCUT2D eigenvalue weighted by molar-refractivity contribution is 5.92. The minimum atomic E-state index is -0.639. The summed E-state index contributed by atoms with van der Waals surface area (Å²) in [5, 5.41) is 3.32. The molecule has 6 heteroatoms. The van der Waals surface area contributed by atoms with Crippen LogP contribution in [0.3, 0.4) is 0 Å². The van der Waals surface area contributed by atoms with Crippen molar-refractivity contribution in [2.24, 2.45) is 5.73 Å². The molecule has 0 radical (unpaired) electrons. The van der Waals surface area contributed by atoms with Crippen molar-refractivity contribution >= 4 is 5.91 Å². The quantitative estimate of drug-likeness (QED) is 0.710. The van der Waals surface area contributed by atoms with Crippen LogP contribution >= 0.6 is 0 Å². The number of ether oxygens (including phenoxy) is 1. The monoisotopic (exact) mass is 286 g/mol. The number of aromatic nitrogens is 2. The van der Waals surface area contributed by atoms with E-state index >= 15 is 0 Å². The first-order valence-corrected chi connectivity index (χ1v) is 6.75. The molecule has 3 N–H and O–H groups in total. The number of rotatable bonds is 8. The van der Waals surface area contributed by atoms with Crippen LogP contribution < -0.4 is 15.8 Å². The SMILES string of the molecule is NC(=O)c1nccnc1OCCCNCc1ccccc1. The van der Waals surface area contributed by atoms with Gasteiger partial charge in [-0.3, -0.25) is 4.79 Å². The van der Waals surface area contributed by atoms with Crippen molar-refractivity contribution in [1.29, 1.82) is 0 Å². The van der Waals surface area contributed by atoms with E-state index in [2.05, 4.69) is 27.4 Å². The van der Waals surface area contributed by atoms with E-state index < -0.39 is 5.91 Å². The van der Waals surface area contributed by atoms with Crippen molar-refractivity contribution in [2.45, 2.75) is 13.0 Å². The van der Waals surface area contributed by atoms with Crippen LogP contribution in [-0.2, 0) is 6.54 Å². The third-order valence-electron chi connectivity index (χ3n) is 2.81. The largest absolute Gasteiger partial charge is 0.476 e. The molecule has 0 saturated heterocycles. The number of nitrogens with two attached hydrogens (primary N) is 1. The second kappa shape index (κ2) is 7.96. The molecule has 1 amide bonds. The molecule has 0 unspecified atom stereocenters.